The van der Waals surface area contributed by atoms with Gasteiger partial charge in [-0.3, -0.25) is 10.1 Å². The third-order valence-corrected chi connectivity index (χ3v) is 7.18. The van der Waals surface area contributed by atoms with Gasteiger partial charge in [0.15, 0.2) is 0 Å². The molecule has 2 aromatic carbocycles. The van der Waals surface area contributed by atoms with E-state index in [0.717, 1.165) is 43.5 Å². The molecule has 2 aliphatic carbocycles. The highest BCUT2D eigenvalue weighted by molar-refractivity contribution is 5.96. The Kier molecular flexibility index (Phi) is 6.16. The smallest absolute Gasteiger partial charge is 0.214 e. The van der Waals surface area contributed by atoms with E-state index in [-0.39, 0.29) is 0 Å². The number of nitrogens with zero attached hydrogens (tertiary/aromatic N) is 2. The first kappa shape index (κ1) is 21.7. The largest absolute Gasteiger partial charge is 0.388 e. The lowest BCUT2D eigenvalue weighted by atomic mass is 9.78. The van der Waals surface area contributed by atoms with Gasteiger partial charge >= 0.3 is 0 Å². The van der Waals surface area contributed by atoms with Gasteiger partial charge in [0.25, 0.3) is 0 Å². The van der Waals surface area contributed by atoms with Crippen LogP contribution >= 0.6 is 0 Å². The Morgan fingerprint density at radius 1 is 1.06 bits per heavy atom. The number of rotatable bonds is 8. The predicted octanol–water partition coefficient (Wildman–Crippen LogP) is 6.61. The van der Waals surface area contributed by atoms with Gasteiger partial charge in [0.05, 0.1) is 17.8 Å². The van der Waals surface area contributed by atoms with Crippen molar-refractivity contribution in [1.82, 2.24) is 9.78 Å². The van der Waals surface area contributed by atoms with E-state index in [4.69, 9.17) is 5.41 Å². The highest BCUT2D eigenvalue weighted by Crippen LogP contribution is 2.38. The first-order valence-electron chi connectivity index (χ1n) is 12.1. The molecule has 0 spiro atoms. The highest BCUT2D eigenvalue weighted by atomic mass is 19.1. The summed E-state index contributed by atoms with van der Waals surface area (Å²) in [5, 5.41) is 18.6. The van der Waals surface area contributed by atoms with E-state index in [2.05, 4.69) is 56.9 Å². The average molecular weight is 446 g/mol. The van der Waals surface area contributed by atoms with Crippen LogP contribution in [0.1, 0.15) is 61.6 Å². The van der Waals surface area contributed by atoms with Crippen molar-refractivity contribution in [2.24, 2.45) is 5.92 Å². The van der Waals surface area contributed by atoms with Gasteiger partial charge in [-0.25, -0.2) is 0 Å². The Hall–Kier alpha value is -3.15. The number of nitrogens with one attached hydrogen (secondary N) is 3. The van der Waals surface area contributed by atoms with Crippen molar-refractivity contribution in [2.45, 2.75) is 50.5 Å². The molecule has 0 amide bonds. The summed E-state index contributed by atoms with van der Waals surface area (Å²) in [6.07, 6.45) is 11.1. The molecule has 2 fully saturated rings. The molecule has 0 aliphatic heterocycles. The molecule has 0 unspecified atom stereocenters. The van der Waals surface area contributed by atoms with E-state index >= 15 is 0 Å². The molecular weight excluding hydrogens is 413 g/mol. The first-order chi connectivity index (χ1) is 16.1. The predicted molar refractivity (Wildman–Crippen MR) is 133 cm³/mol. The molecule has 3 N–H and O–H groups in total. The minimum atomic E-state index is -0.874. The Labute approximate surface area is 194 Å². The summed E-state index contributed by atoms with van der Waals surface area (Å²) < 4.78 is 15.8. The summed E-state index contributed by atoms with van der Waals surface area (Å²) in [6, 6.07) is 15.0. The molecule has 33 heavy (non-hydrogen) atoms. The first-order valence-corrected chi connectivity index (χ1v) is 12.1. The van der Waals surface area contributed by atoms with E-state index in [9.17, 15) is 4.39 Å². The standard InChI is InChI=1S/C27H32FN5/c1-30-26-12-9-21(14-25(26)27(28)29)19-7-5-18(6-8-19)15-31-23-4-2-3-20(13-23)22-16-32-33(17-22)24-10-11-24/h2-4,9,12-14,16-19,24,29-31H,5-8,10-11,15H2,1H3. The van der Waals surface area contributed by atoms with Gasteiger partial charge in [-0.1, -0.05) is 18.2 Å². The van der Waals surface area contributed by atoms with E-state index in [1.807, 2.05) is 18.3 Å². The fourth-order valence-corrected chi connectivity index (χ4v) is 5.01. The molecule has 0 atom stereocenters. The molecule has 0 radical (unpaired) electrons. The van der Waals surface area contributed by atoms with Crippen molar-refractivity contribution in [3.63, 3.8) is 0 Å². The molecule has 0 bridgehead atoms. The third-order valence-electron chi connectivity index (χ3n) is 7.18. The Morgan fingerprint density at radius 2 is 1.88 bits per heavy atom. The van der Waals surface area contributed by atoms with Crippen LogP contribution in [0.5, 0.6) is 0 Å². The van der Waals surface area contributed by atoms with Gasteiger partial charge < -0.3 is 10.6 Å². The zero-order chi connectivity index (χ0) is 22.8. The maximum absolute atomic E-state index is 13.7. The molecule has 5 rings (SSSR count). The fraction of sp³-hybridized carbons (Fsp3) is 0.407. The molecule has 5 nitrogen and oxygen atoms in total. The molecule has 3 aromatic rings. The number of hydrogen-bond donors (Lipinski definition) is 3. The molecule has 2 saturated carbocycles. The van der Waals surface area contributed by atoms with Gasteiger partial charge in [-0.05, 0) is 85.8 Å². The van der Waals surface area contributed by atoms with Crippen molar-refractivity contribution < 1.29 is 4.39 Å². The fourth-order valence-electron chi connectivity index (χ4n) is 5.01. The lowest BCUT2D eigenvalue weighted by Gasteiger charge is -2.29. The van der Waals surface area contributed by atoms with Crippen molar-refractivity contribution in [3.8, 4) is 11.1 Å². The Balaban J connectivity index is 1.16. The van der Waals surface area contributed by atoms with Gasteiger partial charge in [0, 0.05) is 36.7 Å². The summed E-state index contributed by atoms with van der Waals surface area (Å²) in [4.78, 5) is 0. The molecule has 1 aromatic heterocycles. The summed E-state index contributed by atoms with van der Waals surface area (Å²) in [5.74, 6) is 0.204. The molecular formula is C27H32FN5. The van der Waals surface area contributed by atoms with E-state index in [0.29, 0.717) is 29.1 Å². The summed E-state index contributed by atoms with van der Waals surface area (Å²) in [7, 11) is 1.76. The second-order valence-electron chi connectivity index (χ2n) is 9.49. The van der Waals surface area contributed by atoms with Crippen LogP contribution in [0.4, 0.5) is 15.8 Å². The second kappa shape index (κ2) is 9.38. The van der Waals surface area contributed by atoms with Crippen molar-refractivity contribution in [1.29, 1.82) is 5.41 Å². The summed E-state index contributed by atoms with van der Waals surface area (Å²) in [6.45, 7) is 0.969. The van der Waals surface area contributed by atoms with E-state index < -0.39 is 5.97 Å². The number of benzene rings is 2. The lowest BCUT2D eigenvalue weighted by molar-refractivity contribution is 0.338. The van der Waals surface area contributed by atoms with Crippen LogP contribution in [0, 0.1) is 11.3 Å². The maximum atomic E-state index is 13.7. The summed E-state index contributed by atoms with van der Waals surface area (Å²) in [5.41, 5.74) is 5.72. The van der Waals surface area contributed by atoms with Crippen LogP contribution < -0.4 is 10.6 Å². The third kappa shape index (κ3) is 4.95. The van der Waals surface area contributed by atoms with Crippen LogP contribution in [-0.4, -0.2) is 29.3 Å². The summed E-state index contributed by atoms with van der Waals surface area (Å²) >= 11 is 0. The highest BCUT2D eigenvalue weighted by Gasteiger charge is 2.25. The van der Waals surface area contributed by atoms with Crippen LogP contribution in [0.25, 0.3) is 11.1 Å². The van der Waals surface area contributed by atoms with Crippen LogP contribution in [0.2, 0.25) is 0 Å². The van der Waals surface area contributed by atoms with Crippen molar-refractivity contribution in [3.05, 3.63) is 66.0 Å². The maximum Gasteiger partial charge on any atom is 0.214 e. The van der Waals surface area contributed by atoms with Crippen LogP contribution in [-0.2, 0) is 0 Å². The monoisotopic (exact) mass is 445 g/mol. The number of hydrogen-bond acceptors (Lipinski definition) is 4. The Bertz CT molecular complexity index is 1130. The number of anilines is 2. The minimum absolute atomic E-state index is 0.362. The van der Waals surface area contributed by atoms with E-state index in [1.54, 1.807) is 7.05 Å². The quantitative estimate of drug-likeness (QED) is 0.342. The molecule has 0 saturated heterocycles. The molecule has 6 heteroatoms. The van der Waals surface area contributed by atoms with Crippen molar-refractivity contribution in [2.75, 3.05) is 24.2 Å². The van der Waals surface area contributed by atoms with Gasteiger partial charge in [0.2, 0.25) is 5.97 Å². The van der Waals surface area contributed by atoms with Crippen LogP contribution in [0.15, 0.2) is 54.9 Å². The zero-order valence-electron chi connectivity index (χ0n) is 19.2. The van der Waals surface area contributed by atoms with Crippen LogP contribution in [0.3, 0.4) is 0 Å². The zero-order valence-corrected chi connectivity index (χ0v) is 19.2. The normalized spacial score (nSPS) is 20.4. The molecule has 1 heterocycles. The van der Waals surface area contributed by atoms with Crippen molar-refractivity contribution >= 4 is 17.3 Å². The lowest BCUT2D eigenvalue weighted by Crippen LogP contribution is -2.20. The molecule has 172 valence electrons. The number of halogens is 1. The topological polar surface area (TPSA) is 65.7 Å². The minimum Gasteiger partial charge on any atom is -0.388 e. The number of aromatic nitrogens is 2. The SMILES string of the molecule is CNc1ccc(C2CCC(CNc3cccc(-c4cnn(C5CC5)c4)c3)CC2)cc1C(=N)F. The van der Waals surface area contributed by atoms with Gasteiger partial charge in [0.1, 0.15) is 0 Å². The second-order valence-corrected chi connectivity index (χ2v) is 9.49. The average Bonchev–Trinajstić information content (AvgIpc) is 3.59. The van der Waals surface area contributed by atoms with Gasteiger partial charge in [-0.2, -0.15) is 9.49 Å². The Morgan fingerprint density at radius 3 is 2.61 bits per heavy atom. The van der Waals surface area contributed by atoms with E-state index in [1.165, 1.54) is 24.0 Å². The van der Waals surface area contributed by atoms with Gasteiger partial charge in [-0.15, -0.1) is 0 Å². The molecule has 2 aliphatic rings.